The van der Waals surface area contributed by atoms with Gasteiger partial charge in [0.05, 0.1) is 18.2 Å². The van der Waals surface area contributed by atoms with Gasteiger partial charge in [-0.1, -0.05) is 13.0 Å². The predicted molar refractivity (Wildman–Crippen MR) is 86.8 cm³/mol. The molecule has 0 aliphatic rings. The summed E-state index contributed by atoms with van der Waals surface area (Å²) in [6.07, 6.45) is 1.62. The number of hydrogen-bond donors (Lipinski definition) is 2. The second-order valence-electron chi connectivity index (χ2n) is 5.65. The molecule has 23 heavy (non-hydrogen) atoms. The van der Waals surface area contributed by atoms with Crippen LogP contribution < -0.4 is 5.69 Å². The number of aryl methyl sites for hydroxylation is 1. The van der Waals surface area contributed by atoms with Crippen molar-refractivity contribution >= 4 is 11.2 Å². The number of nitrogens with zero attached hydrogens (tertiary/aromatic N) is 2. The van der Waals surface area contributed by atoms with Gasteiger partial charge in [-0.3, -0.25) is 9.55 Å². The Morgan fingerprint density at radius 1 is 1.39 bits per heavy atom. The van der Waals surface area contributed by atoms with Crippen LogP contribution in [0.4, 0.5) is 4.39 Å². The topological polar surface area (TPSA) is 70.9 Å². The molecule has 2 N–H and O–H groups in total. The van der Waals surface area contributed by atoms with Gasteiger partial charge in [-0.2, -0.15) is 0 Å². The summed E-state index contributed by atoms with van der Waals surface area (Å²) >= 11 is 0. The molecule has 120 valence electrons. The van der Waals surface area contributed by atoms with Gasteiger partial charge >= 0.3 is 5.69 Å². The van der Waals surface area contributed by atoms with E-state index in [9.17, 15) is 14.3 Å². The van der Waals surface area contributed by atoms with Crippen LogP contribution in [-0.4, -0.2) is 25.7 Å². The van der Waals surface area contributed by atoms with Gasteiger partial charge in [0.1, 0.15) is 5.82 Å². The number of aliphatic hydroxyl groups excluding tert-OH is 1. The van der Waals surface area contributed by atoms with E-state index in [0.29, 0.717) is 17.6 Å². The van der Waals surface area contributed by atoms with Crippen LogP contribution in [0.3, 0.4) is 0 Å². The van der Waals surface area contributed by atoms with Crippen LogP contribution in [0.5, 0.6) is 0 Å². The molecule has 1 aromatic carbocycles. The number of pyridine rings is 1. The SMILES string of the molecule is CC[C@@H](O)Cn1c(=O)[nH]c2ncc(-c3ccc(F)cc3C)cc21. The molecule has 0 bridgehead atoms. The van der Waals surface area contributed by atoms with Gasteiger partial charge in [0.2, 0.25) is 0 Å². The van der Waals surface area contributed by atoms with E-state index < -0.39 is 6.10 Å². The third-order valence-corrected chi connectivity index (χ3v) is 3.99. The quantitative estimate of drug-likeness (QED) is 0.777. The number of rotatable bonds is 4. The van der Waals surface area contributed by atoms with Crippen molar-refractivity contribution in [3.8, 4) is 11.1 Å². The van der Waals surface area contributed by atoms with Gasteiger partial charge in [0.25, 0.3) is 0 Å². The molecule has 0 spiro atoms. The Balaban J connectivity index is 2.14. The van der Waals surface area contributed by atoms with Gasteiger partial charge in [0, 0.05) is 11.8 Å². The number of aromatic nitrogens is 3. The van der Waals surface area contributed by atoms with Crippen molar-refractivity contribution in [1.29, 1.82) is 0 Å². The molecule has 0 saturated heterocycles. The van der Waals surface area contributed by atoms with E-state index in [1.165, 1.54) is 16.7 Å². The fourth-order valence-electron chi connectivity index (χ4n) is 2.65. The highest BCUT2D eigenvalue weighted by Gasteiger charge is 2.13. The molecule has 0 unspecified atom stereocenters. The Kier molecular flexibility index (Phi) is 4.00. The van der Waals surface area contributed by atoms with Crippen molar-refractivity contribution in [1.82, 2.24) is 14.5 Å². The molecule has 2 aromatic heterocycles. The molecule has 0 amide bonds. The summed E-state index contributed by atoms with van der Waals surface area (Å²) in [7, 11) is 0. The van der Waals surface area contributed by atoms with E-state index >= 15 is 0 Å². The van der Waals surface area contributed by atoms with Gasteiger partial charge in [0.15, 0.2) is 5.65 Å². The summed E-state index contributed by atoms with van der Waals surface area (Å²) < 4.78 is 14.8. The normalized spacial score (nSPS) is 12.7. The van der Waals surface area contributed by atoms with Crippen molar-refractivity contribution in [2.45, 2.75) is 32.9 Å². The molecule has 1 atom stereocenters. The molecule has 6 heteroatoms. The van der Waals surface area contributed by atoms with Crippen LogP contribution in [0.1, 0.15) is 18.9 Å². The first-order chi connectivity index (χ1) is 11.0. The van der Waals surface area contributed by atoms with Crippen molar-refractivity contribution < 1.29 is 9.50 Å². The van der Waals surface area contributed by atoms with E-state index in [1.54, 1.807) is 12.3 Å². The minimum atomic E-state index is -0.595. The fraction of sp³-hybridized carbons (Fsp3) is 0.294. The molecule has 5 nitrogen and oxygen atoms in total. The van der Waals surface area contributed by atoms with E-state index in [2.05, 4.69) is 9.97 Å². The Bertz CT molecular complexity index is 914. The number of aliphatic hydroxyl groups is 1. The molecule has 0 radical (unpaired) electrons. The van der Waals surface area contributed by atoms with Gasteiger partial charge in [-0.25, -0.2) is 14.2 Å². The van der Waals surface area contributed by atoms with Gasteiger partial charge < -0.3 is 5.11 Å². The third-order valence-electron chi connectivity index (χ3n) is 3.99. The Morgan fingerprint density at radius 3 is 2.87 bits per heavy atom. The second-order valence-corrected chi connectivity index (χ2v) is 5.65. The maximum Gasteiger partial charge on any atom is 0.327 e. The summed E-state index contributed by atoms with van der Waals surface area (Å²) in [6.45, 7) is 3.90. The Morgan fingerprint density at radius 2 is 2.17 bits per heavy atom. The fourth-order valence-corrected chi connectivity index (χ4v) is 2.65. The zero-order chi connectivity index (χ0) is 16.6. The minimum Gasteiger partial charge on any atom is -0.391 e. The molecular formula is C17H18FN3O2. The molecule has 0 fully saturated rings. The average Bonchev–Trinajstić information content (AvgIpc) is 2.82. The summed E-state index contributed by atoms with van der Waals surface area (Å²) in [6, 6.07) is 6.40. The minimum absolute atomic E-state index is 0.211. The number of H-pyrrole nitrogens is 1. The lowest BCUT2D eigenvalue weighted by Gasteiger charge is -2.10. The summed E-state index contributed by atoms with van der Waals surface area (Å²) in [5, 5.41) is 9.84. The standard InChI is InChI=1S/C17H18FN3O2/c1-3-13(22)9-21-15-7-11(8-19-16(15)20-17(21)23)14-5-4-12(18)6-10(14)2/h4-8,13,22H,3,9H2,1-2H3,(H,19,20,23)/t13-/m1/s1. The Hall–Kier alpha value is -2.47. The van der Waals surface area contributed by atoms with Crippen LogP contribution in [-0.2, 0) is 6.54 Å². The highest BCUT2D eigenvalue weighted by atomic mass is 19.1. The lowest BCUT2D eigenvalue weighted by Crippen LogP contribution is -2.24. The average molecular weight is 315 g/mol. The highest BCUT2D eigenvalue weighted by molar-refractivity contribution is 5.79. The number of nitrogens with one attached hydrogen (secondary N) is 1. The van der Waals surface area contributed by atoms with Crippen LogP contribution in [0.25, 0.3) is 22.3 Å². The van der Waals surface area contributed by atoms with Gasteiger partial charge in [-0.15, -0.1) is 0 Å². The summed E-state index contributed by atoms with van der Waals surface area (Å²) in [5.41, 5.74) is 3.26. The number of imidazole rings is 1. The van der Waals surface area contributed by atoms with Crippen molar-refractivity contribution in [3.63, 3.8) is 0 Å². The predicted octanol–water partition coefficient (Wildman–Crippen LogP) is 2.61. The summed E-state index contributed by atoms with van der Waals surface area (Å²) in [5.74, 6) is -0.287. The van der Waals surface area contributed by atoms with Crippen molar-refractivity contribution in [2.24, 2.45) is 0 Å². The number of fused-ring (bicyclic) bond motifs is 1. The maximum absolute atomic E-state index is 13.3. The smallest absolute Gasteiger partial charge is 0.327 e. The number of aromatic amines is 1. The van der Waals surface area contributed by atoms with E-state index in [1.807, 2.05) is 19.9 Å². The zero-order valence-corrected chi connectivity index (χ0v) is 13.0. The molecular weight excluding hydrogens is 297 g/mol. The van der Waals surface area contributed by atoms with Crippen LogP contribution in [0, 0.1) is 12.7 Å². The zero-order valence-electron chi connectivity index (χ0n) is 13.0. The molecule has 3 rings (SSSR count). The van der Waals surface area contributed by atoms with Crippen LogP contribution >= 0.6 is 0 Å². The van der Waals surface area contributed by atoms with Gasteiger partial charge in [-0.05, 0) is 42.7 Å². The van der Waals surface area contributed by atoms with Crippen molar-refractivity contribution in [2.75, 3.05) is 0 Å². The third kappa shape index (κ3) is 2.90. The first kappa shape index (κ1) is 15.4. The lowest BCUT2D eigenvalue weighted by molar-refractivity contribution is 0.150. The second kappa shape index (κ2) is 5.96. The highest BCUT2D eigenvalue weighted by Crippen LogP contribution is 2.25. The van der Waals surface area contributed by atoms with E-state index in [-0.39, 0.29) is 18.1 Å². The molecule has 0 aliphatic heterocycles. The molecule has 2 heterocycles. The lowest BCUT2D eigenvalue weighted by atomic mass is 10.0. The van der Waals surface area contributed by atoms with Crippen molar-refractivity contribution in [3.05, 3.63) is 52.3 Å². The first-order valence-electron chi connectivity index (χ1n) is 7.52. The number of halogens is 1. The summed E-state index contributed by atoms with van der Waals surface area (Å²) in [4.78, 5) is 19.0. The molecule has 3 aromatic rings. The largest absolute Gasteiger partial charge is 0.391 e. The van der Waals surface area contributed by atoms with E-state index in [0.717, 1.165) is 16.7 Å². The monoisotopic (exact) mass is 315 g/mol. The maximum atomic E-state index is 13.3. The van der Waals surface area contributed by atoms with Crippen LogP contribution in [0.2, 0.25) is 0 Å². The molecule has 0 aliphatic carbocycles. The van der Waals surface area contributed by atoms with Crippen LogP contribution in [0.15, 0.2) is 35.3 Å². The Labute approximate surface area is 132 Å². The van der Waals surface area contributed by atoms with E-state index in [4.69, 9.17) is 0 Å². The number of benzene rings is 1. The number of hydrogen-bond acceptors (Lipinski definition) is 3. The first-order valence-corrected chi connectivity index (χ1v) is 7.52. The molecule has 0 saturated carbocycles.